The SMILES string of the molecule is O=[N+]([O-])c1ccc(O[C@@H]2O[C@@H](CO)[C@H](O)[C@H]2O[C@@H]2O[C@@H](CO)[C@H](O)[C@H]2O)cc1. The first-order valence-electron chi connectivity index (χ1n) is 8.49. The second-order valence-corrected chi connectivity index (χ2v) is 6.39. The second-order valence-electron chi connectivity index (χ2n) is 6.39. The van der Waals surface area contributed by atoms with E-state index in [1.54, 1.807) is 0 Å². The molecule has 0 amide bonds. The fraction of sp³-hybridized carbons (Fsp3) is 0.625. The summed E-state index contributed by atoms with van der Waals surface area (Å²) in [4.78, 5) is 10.1. The highest BCUT2D eigenvalue weighted by atomic mass is 16.8. The van der Waals surface area contributed by atoms with Crippen LogP contribution in [0.3, 0.4) is 0 Å². The summed E-state index contributed by atoms with van der Waals surface area (Å²) in [6.45, 7) is -1.10. The average Bonchev–Trinajstić information content (AvgIpc) is 3.13. The zero-order valence-electron chi connectivity index (χ0n) is 14.5. The van der Waals surface area contributed by atoms with Gasteiger partial charge in [0.25, 0.3) is 5.69 Å². The summed E-state index contributed by atoms with van der Waals surface area (Å²) < 4.78 is 21.7. The van der Waals surface area contributed by atoms with Gasteiger partial charge in [-0.1, -0.05) is 0 Å². The smallest absolute Gasteiger partial charge is 0.269 e. The molecule has 0 spiro atoms. The van der Waals surface area contributed by atoms with E-state index < -0.39 is 67.3 Å². The number of hydrogen-bond donors (Lipinski definition) is 5. The summed E-state index contributed by atoms with van der Waals surface area (Å²) in [7, 11) is 0. The molecule has 2 saturated heterocycles. The molecule has 1 aromatic rings. The first-order chi connectivity index (χ1) is 13.3. The lowest BCUT2D eigenvalue weighted by molar-refractivity contribution is -0.384. The standard InChI is InChI=1S/C16H21NO11/c18-5-9-11(20)13(22)15(26-9)28-14-12(21)10(6-19)27-16(14)25-8-3-1-7(2-4-8)17(23)24/h1-4,9-16,18-22H,5-6H2/t9-,10-,11-,12-,13+,14+,15-,16+/m0/s1. The molecule has 2 fully saturated rings. The number of ether oxygens (including phenoxy) is 4. The van der Waals surface area contributed by atoms with Crippen LogP contribution in [-0.2, 0) is 14.2 Å². The van der Waals surface area contributed by atoms with Crippen molar-refractivity contribution in [3.8, 4) is 5.75 Å². The number of nitro groups is 1. The molecule has 0 unspecified atom stereocenters. The molecule has 0 saturated carbocycles. The molecule has 8 atom stereocenters. The lowest BCUT2D eigenvalue weighted by Crippen LogP contribution is -2.44. The minimum absolute atomic E-state index is 0.146. The van der Waals surface area contributed by atoms with E-state index in [2.05, 4.69) is 0 Å². The molecule has 1 aromatic carbocycles. The van der Waals surface area contributed by atoms with E-state index in [-0.39, 0.29) is 11.4 Å². The van der Waals surface area contributed by atoms with E-state index in [4.69, 9.17) is 24.1 Å². The van der Waals surface area contributed by atoms with Gasteiger partial charge in [0, 0.05) is 12.1 Å². The van der Waals surface area contributed by atoms with E-state index in [0.29, 0.717) is 0 Å². The first-order valence-corrected chi connectivity index (χ1v) is 8.49. The predicted molar refractivity (Wildman–Crippen MR) is 88.1 cm³/mol. The number of rotatable bonds is 7. The van der Waals surface area contributed by atoms with Gasteiger partial charge in [-0.05, 0) is 12.1 Å². The van der Waals surface area contributed by atoms with E-state index in [1.165, 1.54) is 24.3 Å². The van der Waals surface area contributed by atoms with Crippen LogP contribution >= 0.6 is 0 Å². The highest BCUT2D eigenvalue weighted by molar-refractivity contribution is 5.36. The highest BCUT2D eigenvalue weighted by Gasteiger charge is 2.51. The summed E-state index contributed by atoms with van der Waals surface area (Å²) in [5, 5.41) is 59.3. The van der Waals surface area contributed by atoms with Crippen molar-refractivity contribution < 1.29 is 49.4 Å². The van der Waals surface area contributed by atoms with Gasteiger partial charge in [0.1, 0.15) is 36.3 Å². The van der Waals surface area contributed by atoms with Crippen LogP contribution in [-0.4, -0.2) is 92.9 Å². The Labute approximate surface area is 158 Å². The Kier molecular flexibility index (Phi) is 6.42. The minimum Gasteiger partial charge on any atom is -0.462 e. The van der Waals surface area contributed by atoms with Crippen LogP contribution in [0.5, 0.6) is 5.75 Å². The summed E-state index contributed by atoms with van der Waals surface area (Å²) >= 11 is 0. The van der Waals surface area contributed by atoms with Crippen molar-refractivity contribution in [3.05, 3.63) is 34.4 Å². The van der Waals surface area contributed by atoms with Gasteiger partial charge >= 0.3 is 0 Å². The zero-order valence-corrected chi connectivity index (χ0v) is 14.5. The molecule has 12 heteroatoms. The van der Waals surface area contributed by atoms with Crippen molar-refractivity contribution in [3.63, 3.8) is 0 Å². The summed E-state index contributed by atoms with van der Waals surface area (Å²) in [5.41, 5.74) is -0.146. The van der Waals surface area contributed by atoms with Crippen LogP contribution in [0.1, 0.15) is 0 Å². The quantitative estimate of drug-likeness (QED) is 0.248. The number of hydrogen-bond acceptors (Lipinski definition) is 11. The van der Waals surface area contributed by atoms with Gasteiger partial charge in [0.05, 0.1) is 18.1 Å². The predicted octanol–water partition coefficient (Wildman–Crippen LogP) is -2.12. The molecule has 28 heavy (non-hydrogen) atoms. The molecule has 156 valence electrons. The Bertz CT molecular complexity index is 671. The van der Waals surface area contributed by atoms with Crippen molar-refractivity contribution >= 4 is 5.69 Å². The molecule has 0 aliphatic carbocycles. The van der Waals surface area contributed by atoms with Crippen molar-refractivity contribution in [1.29, 1.82) is 0 Å². The van der Waals surface area contributed by atoms with Gasteiger partial charge < -0.3 is 44.5 Å². The maximum atomic E-state index is 10.7. The third-order valence-electron chi connectivity index (χ3n) is 4.56. The molecule has 0 bridgehead atoms. The fourth-order valence-electron chi connectivity index (χ4n) is 3.01. The minimum atomic E-state index is -1.49. The van der Waals surface area contributed by atoms with Crippen LogP contribution in [0.25, 0.3) is 0 Å². The van der Waals surface area contributed by atoms with E-state index in [0.717, 1.165) is 0 Å². The third-order valence-corrected chi connectivity index (χ3v) is 4.56. The average molecular weight is 403 g/mol. The molecule has 2 heterocycles. The van der Waals surface area contributed by atoms with Gasteiger partial charge in [0.2, 0.25) is 6.29 Å². The molecule has 3 rings (SSSR count). The summed E-state index contributed by atoms with van der Waals surface area (Å²) in [6.07, 6.45) is -10.2. The van der Waals surface area contributed by atoms with Crippen LogP contribution in [0, 0.1) is 10.1 Å². The van der Waals surface area contributed by atoms with Gasteiger partial charge in [-0.2, -0.15) is 0 Å². The number of benzene rings is 1. The third kappa shape index (κ3) is 4.09. The molecular weight excluding hydrogens is 382 g/mol. The maximum absolute atomic E-state index is 10.7. The summed E-state index contributed by atoms with van der Waals surface area (Å²) in [6, 6.07) is 5.08. The van der Waals surface area contributed by atoms with Crippen LogP contribution < -0.4 is 4.74 Å². The van der Waals surface area contributed by atoms with Gasteiger partial charge in [0.15, 0.2) is 12.4 Å². The molecular formula is C16H21NO11. The Morgan fingerprint density at radius 1 is 0.929 bits per heavy atom. The number of aliphatic hydroxyl groups is 5. The lowest BCUT2D eigenvalue weighted by Gasteiger charge is -2.26. The lowest BCUT2D eigenvalue weighted by atomic mass is 10.1. The molecule has 0 aromatic heterocycles. The highest BCUT2D eigenvalue weighted by Crippen LogP contribution is 2.31. The van der Waals surface area contributed by atoms with Gasteiger partial charge in [-0.15, -0.1) is 0 Å². The number of nitro benzene ring substituents is 1. The molecule has 2 aliphatic heterocycles. The van der Waals surface area contributed by atoms with Gasteiger partial charge in [-0.25, -0.2) is 0 Å². The van der Waals surface area contributed by atoms with Crippen molar-refractivity contribution in [2.75, 3.05) is 13.2 Å². The normalized spacial score (nSPS) is 37.9. The van der Waals surface area contributed by atoms with Crippen LogP contribution in [0.15, 0.2) is 24.3 Å². The molecule has 12 nitrogen and oxygen atoms in total. The van der Waals surface area contributed by atoms with Crippen molar-refractivity contribution in [2.24, 2.45) is 0 Å². The monoisotopic (exact) mass is 403 g/mol. The largest absolute Gasteiger partial charge is 0.462 e. The van der Waals surface area contributed by atoms with Crippen molar-refractivity contribution in [1.82, 2.24) is 0 Å². The maximum Gasteiger partial charge on any atom is 0.269 e. The number of aliphatic hydroxyl groups excluding tert-OH is 5. The first kappa shape index (κ1) is 20.8. The molecule has 0 radical (unpaired) electrons. The van der Waals surface area contributed by atoms with E-state index >= 15 is 0 Å². The van der Waals surface area contributed by atoms with Crippen LogP contribution in [0.2, 0.25) is 0 Å². The fourth-order valence-corrected chi connectivity index (χ4v) is 3.01. The molecule has 2 aliphatic rings. The topological polar surface area (TPSA) is 181 Å². The van der Waals surface area contributed by atoms with Crippen molar-refractivity contribution in [2.45, 2.75) is 49.2 Å². The Morgan fingerprint density at radius 3 is 2.04 bits per heavy atom. The second kappa shape index (κ2) is 8.63. The Morgan fingerprint density at radius 2 is 1.50 bits per heavy atom. The Hall–Kier alpha value is -1.90. The summed E-state index contributed by atoms with van der Waals surface area (Å²) in [5.74, 6) is 0.177. The van der Waals surface area contributed by atoms with Gasteiger partial charge in [-0.3, -0.25) is 10.1 Å². The van der Waals surface area contributed by atoms with E-state index in [9.17, 15) is 30.5 Å². The van der Waals surface area contributed by atoms with E-state index in [1.807, 2.05) is 0 Å². The zero-order chi connectivity index (χ0) is 20.4. The Balaban J connectivity index is 1.72. The van der Waals surface area contributed by atoms with Crippen LogP contribution in [0.4, 0.5) is 5.69 Å². The molecule has 5 N–H and O–H groups in total. The number of non-ortho nitro benzene ring substituents is 1. The number of nitrogens with zero attached hydrogens (tertiary/aromatic N) is 1.